The van der Waals surface area contributed by atoms with Gasteiger partial charge in [-0.25, -0.2) is 4.79 Å². The monoisotopic (exact) mass is 380 g/mol. The third-order valence-corrected chi connectivity index (χ3v) is 3.44. The number of methoxy groups -OCH3 is 2. The van der Waals surface area contributed by atoms with Crippen molar-refractivity contribution in [3.63, 3.8) is 0 Å². The van der Waals surface area contributed by atoms with Crippen LogP contribution >= 0.6 is 0 Å². The fourth-order valence-electron chi connectivity index (χ4n) is 2.16. The number of ether oxygens (including phenoxy) is 4. The second-order valence-electron chi connectivity index (χ2n) is 5.24. The molecule has 1 N–H and O–H groups in total. The Morgan fingerprint density at radius 2 is 1.81 bits per heavy atom. The van der Waals surface area contributed by atoms with Crippen molar-refractivity contribution < 1.29 is 37.6 Å². The largest absolute Gasteiger partial charge is 0.504 e. The molecular weight excluding hydrogens is 362 g/mol. The van der Waals surface area contributed by atoms with Crippen molar-refractivity contribution in [1.29, 1.82) is 0 Å². The van der Waals surface area contributed by atoms with Gasteiger partial charge in [0.05, 0.1) is 14.2 Å². The predicted molar refractivity (Wildman–Crippen MR) is 93.1 cm³/mol. The smallest absolute Gasteiger partial charge is 0.387 e. The minimum Gasteiger partial charge on any atom is -0.504 e. The van der Waals surface area contributed by atoms with Crippen LogP contribution in [0.15, 0.2) is 42.5 Å². The van der Waals surface area contributed by atoms with Crippen LogP contribution in [0.3, 0.4) is 0 Å². The molecule has 0 aliphatic rings. The topological polar surface area (TPSA) is 74.2 Å². The Morgan fingerprint density at radius 1 is 1.07 bits per heavy atom. The predicted octanol–water partition coefficient (Wildman–Crippen LogP) is 3.77. The lowest BCUT2D eigenvalue weighted by Gasteiger charge is -2.11. The second-order valence-corrected chi connectivity index (χ2v) is 5.24. The number of carbonyl (C=O) groups excluding carboxylic acids is 1. The molecule has 8 heteroatoms. The van der Waals surface area contributed by atoms with Crippen LogP contribution in [0, 0.1) is 0 Å². The molecule has 0 saturated carbocycles. The minimum atomic E-state index is -2.97. The molecule has 0 aliphatic heterocycles. The summed E-state index contributed by atoms with van der Waals surface area (Å²) in [5.41, 5.74) is 1.18. The molecule has 6 nitrogen and oxygen atoms in total. The van der Waals surface area contributed by atoms with Crippen molar-refractivity contribution in [3.8, 4) is 23.0 Å². The van der Waals surface area contributed by atoms with E-state index in [1.807, 2.05) is 0 Å². The first-order chi connectivity index (χ1) is 12.9. The third kappa shape index (κ3) is 5.88. The van der Waals surface area contributed by atoms with E-state index in [1.165, 1.54) is 50.6 Å². The van der Waals surface area contributed by atoms with Crippen LogP contribution in [0.1, 0.15) is 11.1 Å². The standard InChI is InChI=1S/C19H18F2O6/c1-24-16-9-12(3-6-14(16)22)5-8-18(23)26-11-13-4-7-15(27-19(20)21)17(10-13)25-2/h3-10,19,22H,11H2,1-2H3/b8-5+. The first-order valence-corrected chi connectivity index (χ1v) is 7.76. The van der Waals surface area contributed by atoms with Crippen LogP contribution in [-0.4, -0.2) is 31.9 Å². The fraction of sp³-hybridized carbons (Fsp3) is 0.211. The average molecular weight is 380 g/mol. The highest BCUT2D eigenvalue weighted by Gasteiger charge is 2.11. The molecule has 0 bridgehead atoms. The van der Waals surface area contributed by atoms with Gasteiger partial charge in [-0.2, -0.15) is 8.78 Å². The van der Waals surface area contributed by atoms with E-state index >= 15 is 0 Å². The number of carbonyl (C=O) groups is 1. The van der Waals surface area contributed by atoms with E-state index < -0.39 is 12.6 Å². The molecule has 2 aromatic rings. The van der Waals surface area contributed by atoms with E-state index in [9.17, 15) is 18.7 Å². The van der Waals surface area contributed by atoms with Gasteiger partial charge in [0.25, 0.3) is 0 Å². The van der Waals surface area contributed by atoms with Crippen LogP contribution in [0.25, 0.3) is 6.08 Å². The number of phenolic OH excluding ortho intramolecular Hbond substituents is 1. The number of hydrogen-bond acceptors (Lipinski definition) is 6. The summed E-state index contributed by atoms with van der Waals surface area (Å²) in [7, 11) is 2.74. The molecule has 0 atom stereocenters. The number of benzene rings is 2. The Labute approximate surface area is 154 Å². The third-order valence-electron chi connectivity index (χ3n) is 3.44. The van der Waals surface area contributed by atoms with Gasteiger partial charge in [0.2, 0.25) is 0 Å². The van der Waals surface area contributed by atoms with Gasteiger partial charge < -0.3 is 24.1 Å². The molecular formula is C19H18F2O6. The lowest BCUT2D eigenvalue weighted by molar-refractivity contribution is -0.138. The molecule has 0 aromatic heterocycles. The van der Waals surface area contributed by atoms with Gasteiger partial charge in [0.1, 0.15) is 6.61 Å². The van der Waals surface area contributed by atoms with E-state index in [4.69, 9.17) is 14.2 Å². The summed E-state index contributed by atoms with van der Waals surface area (Å²) < 4.78 is 44.0. The van der Waals surface area contributed by atoms with Crippen LogP contribution in [0.2, 0.25) is 0 Å². The number of alkyl halides is 2. The van der Waals surface area contributed by atoms with Crippen LogP contribution in [0.5, 0.6) is 23.0 Å². The molecule has 144 valence electrons. The zero-order chi connectivity index (χ0) is 19.8. The number of esters is 1. The van der Waals surface area contributed by atoms with E-state index in [-0.39, 0.29) is 29.6 Å². The summed E-state index contributed by atoms with van der Waals surface area (Å²) >= 11 is 0. The van der Waals surface area contributed by atoms with Crippen molar-refractivity contribution in [2.75, 3.05) is 14.2 Å². The van der Waals surface area contributed by atoms with Crippen molar-refractivity contribution in [2.24, 2.45) is 0 Å². The maximum Gasteiger partial charge on any atom is 0.387 e. The molecule has 27 heavy (non-hydrogen) atoms. The Bertz CT molecular complexity index is 820. The van der Waals surface area contributed by atoms with Crippen LogP contribution < -0.4 is 14.2 Å². The summed E-state index contributed by atoms with van der Waals surface area (Å²) in [6.07, 6.45) is 2.72. The van der Waals surface area contributed by atoms with Gasteiger partial charge in [-0.1, -0.05) is 12.1 Å². The molecule has 0 heterocycles. The number of aromatic hydroxyl groups is 1. The molecule has 2 aromatic carbocycles. The Morgan fingerprint density at radius 3 is 2.48 bits per heavy atom. The molecule has 0 aliphatic carbocycles. The fourth-order valence-corrected chi connectivity index (χ4v) is 2.16. The number of rotatable bonds is 8. The highest BCUT2D eigenvalue weighted by Crippen LogP contribution is 2.30. The zero-order valence-corrected chi connectivity index (χ0v) is 14.6. The average Bonchev–Trinajstić information content (AvgIpc) is 2.66. The molecule has 0 radical (unpaired) electrons. The van der Waals surface area contributed by atoms with E-state index in [1.54, 1.807) is 12.1 Å². The van der Waals surface area contributed by atoms with E-state index in [0.717, 1.165) is 0 Å². The highest BCUT2D eigenvalue weighted by molar-refractivity contribution is 5.87. The van der Waals surface area contributed by atoms with Crippen LogP contribution in [0.4, 0.5) is 8.78 Å². The summed E-state index contributed by atoms with van der Waals surface area (Å²) in [5.74, 6) is -0.331. The molecule has 0 unspecified atom stereocenters. The Hall–Kier alpha value is -3.29. The normalized spacial score (nSPS) is 10.9. The Kier molecular flexibility index (Phi) is 6.99. The van der Waals surface area contributed by atoms with Crippen LogP contribution in [-0.2, 0) is 16.1 Å². The summed E-state index contributed by atoms with van der Waals surface area (Å²) in [6.45, 7) is -3.04. The molecule has 0 spiro atoms. The number of hydrogen-bond donors (Lipinski definition) is 1. The van der Waals surface area contributed by atoms with Crippen molar-refractivity contribution >= 4 is 12.0 Å². The Balaban J connectivity index is 1.97. The SMILES string of the molecule is COc1cc(/C=C/C(=O)OCc2ccc(OC(F)F)c(OC)c2)ccc1O. The molecule has 0 saturated heterocycles. The molecule has 0 amide bonds. The summed E-state index contributed by atoms with van der Waals surface area (Å²) in [5, 5.41) is 9.53. The molecule has 0 fully saturated rings. The van der Waals surface area contributed by atoms with Gasteiger partial charge >= 0.3 is 12.6 Å². The van der Waals surface area contributed by atoms with Crippen molar-refractivity contribution in [2.45, 2.75) is 13.2 Å². The molecule has 2 rings (SSSR count). The lowest BCUT2D eigenvalue weighted by Crippen LogP contribution is -2.05. The van der Waals surface area contributed by atoms with E-state index in [0.29, 0.717) is 11.1 Å². The van der Waals surface area contributed by atoms with Gasteiger partial charge in [0, 0.05) is 6.08 Å². The van der Waals surface area contributed by atoms with Gasteiger partial charge in [-0.15, -0.1) is 0 Å². The van der Waals surface area contributed by atoms with E-state index in [2.05, 4.69) is 4.74 Å². The maximum atomic E-state index is 12.3. The highest BCUT2D eigenvalue weighted by atomic mass is 19.3. The zero-order valence-electron chi connectivity index (χ0n) is 14.6. The second kappa shape index (κ2) is 9.42. The van der Waals surface area contributed by atoms with Gasteiger partial charge in [0.15, 0.2) is 23.0 Å². The number of halogens is 2. The lowest BCUT2D eigenvalue weighted by atomic mass is 10.2. The first-order valence-electron chi connectivity index (χ1n) is 7.76. The number of phenols is 1. The summed E-state index contributed by atoms with van der Waals surface area (Å²) in [4.78, 5) is 11.8. The summed E-state index contributed by atoms with van der Waals surface area (Å²) in [6, 6.07) is 8.85. The quantitative estimate of drug-likeness (QED) is 0.555. The van der Waals surface area contributed by atoms with Gasteiger partial charge in [-0.3, -0.25) is 0 Å². The van der Waals surface area contributed by atoms with Gasteiger partial charge in [-0.05, 0) is 41.5 Å². The first kappa shape index (κ1) is 20.0. The van der Waals surface area contributed by atoms with Crippen molar-refractivity contribution in [1.82, 2.24) is 0 Å². The maximum absolute atomic E-state index is 12.3. The van der Waals surface area contributed by atoms with Crippen molar-refractivity contribution in [3.05, 3.63) is 53.6 Å². The minimum absolute atomic E-state index is 0.00885.